The summed E-state index contributed by atoms with van der Waals surface area (Å²) < 4.78 is 0. The Labute approximate surface area is 139 Å². The fraction of sp³-hybridized carbons (Fsp3) is 0.0588. The molecule has 0 fully saturated rings. The Morgan fingerprint density at radius 2 is 1.70 bits per heavy atom. The van der Waals surface area contributed by atoms with E-state index in [0.717, 1.165) is 0 Å². The van der Waals surface area contributed by atoms with Gasteiger partial charge < -0.3 is 16.0 Å². The maximum atomic E-state index is 12.1. The molecule has 0 aliphatic rings. The van der Waals surface area contributed by atoms with Crippen LogP contribution in [-0.4, -0.2) is 17.8 Å². The van der Waals surface area contributed by atoms with Gasteiger partial charge in [-0.3, -0.25) is 4.79 Å². The molecule has 0 aliphatic carbocycles. The van der Waals surface area contributed by atoms with E-state index >= 15 is 0 Å². The van der Waals surface area contributed by atoms with E-state index in [1.807, 2.05) is 0 Å². The molecule has 0 saturated carbocycles. The van der Waals surface area contributed by atoms with Gasteiger partial charge in [-0.1, -0.05) is 24.1 Å². The normalized spacial score (nSPS) is 9.57. The fourth-order valence-corrected chi connectivity index (χ4v) is 1.92. The zero-order chi connectivity index (χ0) is 16.7. The smallest absolute Gasteiger partial charge is 0.323 e. The van der Waals surface area contributed by atoms with Crippen molar-refractivity contribution in [1.29, 1.82) is 0 Å². The third-order valence-electron chi connectivity index (χ3n) is 2.86. The van der Waals surface area contributed by atoms with Crippen LogP contribution in [0, 0.1) is 12.3 Å². The Kier molecular flexibility index (Phi) is 5.61. The predicted octanol–water partition coefficient (Wildman–Crippen LogP) is 3.49. The predicted molar refractivity (Wildman–Crippen MR) is 92.8 cm³/mol. The van der Waals surface area contributed by atoms with Gasteiger partial charge in [0, 0.05) is 11.3 Å². The Morgan fingerprint density at radius 3 is 2.35 bits per heavy atom. The van der Waals surface area contributed by atoms with Crippen LogP contribution < -0.4 is 16.0 Å². The molecule has 6 heteroatoms. The van der Waals surface area contributed by atoms with Gasteiger partial charge in [-0.2, -0.15) is 0 Å². The van der Waals surface area contributed by atoms with Crippen molar-refractivity contribution >= 4 is 40.6 Å². The van der Waals surface area contributed by atoms with Crippen LogP contribution in [-0.2, 0) is 4.79 Å². The lowest BCUT2D eigenvalue weighted by molar-refractivity contribution is -0.113. The summed E-state index contributed by atoms with van der Waals surface area (Å²) in [7, 11) is 0. The Hall–Kier alpha value is -2.97. The molecule has 2 aromatic carbocycles. The molecular formula is C17H14ClN3O2. The molecule has 0 spiro atoms. The van der Waals surface area contributed by atoms with Crippen LogP contribution in [0.2, 0.25) is 0 Å². The second-order valence-corrected chi connectivity index (χ2v) is 4.80. The van der Waals surface area contributed by atoms with Crippen molar-refractivity contribution in [3.8, 4) is 12.3 Å². The van der Waals surface area contributed by atoms with E-state index in [4.69, 9.17) is 18.0 Å². The third kappa shape index (κ3) is 4.77. The summed E-state index contributed by atoms with van der Waals surface area (Å²) in [6.07, 6.45) is 5.32. The molecule has 0 bridgehead atoms. The molecule has 116 valence electrons. The molecule has 0 unspecified atom stereocenters. The summed E-state index contributed by atoms with van der Waals surface area (Å²) in [4.78, 5) is 23.5. The molecule has 0 heterocycles. The highest BCUT2D eigenvalue weighted by Gasteiger charge is 2.09. The maximum absolute atomic E-state index is 12.1. The molecule has 0 atom stereocenters. The highest BCUT2D eigenvalue weighted by atomic mass is 35.5. The Bertz CT molecular complexity index is 768. The molecule has 0 radical (unpaired) electrons. The standard InChI is InChI=1S/C17H14ClN3O2/c1-2-12-6-5-7-13(10-12)19-17(23)21-15-9-4-3-8-14(15)20-16(22)11-18/h1,3-10H,11H2,(H,20,22)(H2,19,21,23). The van der Waals surface area contributed by atoms with Crippen molar-refractivity contribution in [2.24, 2.45) is 0 Å². The van der Waals surface area contributed by atoms with Gasteiger partial charge in [-0.25, -0.2) is 4.79 Å². The average molecular weight is 328 g/mol. The van der Waals surface area contributed by atoms with Crippen molar-refractivity contribution in [3.05, 3.63) is 54.1 Å². The molecule has 5 nitrogen and oxygen atoms in total. The fourth-order valence-electron chi connectivity index (χ4n) is 1.86. The van der Waals surface area contributed by atoms with Crippen molar-refractivity contribution in [3.63, 3.8) is 0 Å². The number of hydrogen-bond donors (Lipinski definition) is 3. The van der Waals surface area contributed by atoms with E-state index < -0.39 is 6.03 Å². The van der Waals surface area contributed by atoms with Gasteiger partial charge in [0.1, 0.15) is 5.88 Å². The number of halogens is 1. The van der Waals surface area contributed by atoms with E-state index in [9.17, 15) is 9.59 Å². The van der Waals surface area contributed by atoms with E-state index in [1.165, 1.54) is 0 Å². The van der Waals surface area contributed by atoms with Crippen LogP contribution in [0.25, 0.3) is 0 Å². The first-order valence-electron chi connectivity index (χ1n) is 6.72. The number of hydrogen-bond acceptors (Lipinski definition) is 2. The van der Waals surface area contributed by atoms with Crippen LogP contribution in [0.4, 0.5) is 21.9 Å². The summed E-state index contributed by atoms with van der Waals surface area (Å²) in [5, 5.41) is 7.95. The lowest BCUT2D eigenvalue weighted by Gasteiger charge is -2.12. The van der Waals surface area contributed by atoms with E-state index in [1.54, 1.807) is 48.5 Å². The minimum Gasteiger partial charge on any atom is -0.323 e. The first kappa shape index (κ1) is 16.4. The highest BCUT2D eigenvalue weighted by molar-refractivity contribution is 6.29. The molecule has 2 rings (SSSR count). The van der Waals surface area contributed by atoms with Crippen molar-refractivity contribution in [1.82, 2.24) is 0 Å². The number of para-hydroxylation sites is 2. The molecule has 0 aliphatic heterocycles. The Morgan fingerprint density at radius 1 is 1.00 bits per heavy atom. The van der Waals surface area contributed by atoms with Gasteiger partial charge in [-0.15, -0.1) is 18.0 Å². The molecule has 0 aromatic heterocycles. The first-order chi connectivity index (χ1) is 11.1. The minimum absolute atomic E-state index is 0.167. The number of anilines is 3. The van der Waals surface area contributed by atoms with Crippen LogP contribution in [0.15, 0.2) is 48.5 Å². The third-order valence-corrected chi connectivity index (χ3v) is 3.10. The van der Waals surface area contributed by atoms with Crippen molar-refractivity contribution in [2.75, 3.05) is 21.8 Å². The number of urea groups is 1. The van der Waals surface area contributed by atoms with Gasteiger partial charge in [0.05, 0.1) is 11.4 Å². The van der Waals surface area contributed by atoms with E-state index in [2.05, 4.69) is 21.9 Å². The summed E-state index contributed by atoms with van der Waals surface area (Å²) in [6, 6.07) is 13.3. The van der Waals surface area contributed by atoms with Gasteiger partial charge in [-0.05, 0) is 30.3 Å². The van der Waals surface area contributed by atoms with Crippen molar-refractivity contribution in [2.45, 2.75) is 0 Å². The molecule has 23 heavy (non-hydrogen) atoms. The number of nitrogens with one attached hydrogen (secondary N) is 3. The Balaban J connectivity index is 2.08. The largest absolute Gasteiger partial charge is 0.323 e. The number of amides is 3. The van der Waals surface area contributed by atoms with E-state index in [-0.39, 0.29) is 11.8 Å². The molecular weight excluding hydrogens is 314 g/mol. The summed E-state index contributed by atoms with van der Waals surface area (Å²) in [5.74, 6) is 1.97. The lowest BCUT2D eigenvalue weighted by atomic mass is 10.2. The summed E-state index contributed by atoms with van der Waals surface area (Å²) in [5.41, 5.74) is 2.15. The summed E-state index contributed by atoms with van der Waals surface area (Å²) in [6.45, 7) is 0. The number of benzene rings is 2. The number of alkyl halides is 1. The monoisotopic (exact) mass is 327 g/mol. The number of carbonyl (C=O) groups excluding carboxylic acids is 2. The topological polar surface area (TPSA) is 70.2 Å². The summed E-state index contributed by atoms with van der Waals surface area (Å²) >= 11 is 5.47. The minimum atomic E-state index is -0.452. The average Bonchev–Trinajstić information content (AvgIpc) is 2.56. The van der Waals surface area contributed by atoms with Crippen LogP contribution in [0.3, 0.4) is 0 Å². The second-order valence-electron chi connectivity index (χ2n) is 4.53. The number of carbonyl (C=O) groups is 2. The van der Waals surface area contributed by atoms with E-state index in [0.29, 0.717) is 22.6 Å². The van der Waals surface area contributed by atoms with Crippen LogP contribution in [0.5, 0.6) is 0 Å². The number of rotatable bonds is 4. The number of terminal acetylenes is 1. The zero-order valence-electron chi connectivity index (χ0n) is 12.1. The molecule has 3 N–H and O–H groups in total. The molecule has 2 aromatic rings. The quantitative estimate of drug-likeness (QED) is 0.594. The van der Waals surface area contributed by atoms with Crippen molar-refractivity contribution < 1.29 is 9.59 Å². The maximum Gasteiger partial charge on any atom is 0.323 e. The van der Waals surface area contributed by atoms with Gasteiger partial charge in [0.25, 0.3) is 0 Å². The van der Waals surface area contributed by atoms with Crippen LogP contribution >= 0.6 is 11.6 Å². The van der Waals surface area contributed by atoms with Gasteiger partial charge in [0.2, 0.25) is 5.91 Å². The van der Waals surface area contributed by atoms with Crippen LogP contribution in [0.1, 0.15) is 5.56 Å². The lowest BCUT2D eigenvalue weighted by Crippen LogP contribution is -2.21. The first-order valence-corrected chi connectivity index (χ1v) is 7.25. The molecule has 0 saturated heterocycles. The molecule has 3 amide bonds. The van der Waals surface area contributed by atoms with Gasteiger partial charge >= 0.3 is 6.03 Å². The zero-order valence-corrected chi connectivity index (χ0v) is 12.9. The van der Waals surface area contributed by atoms with Gasteiger partial charge in [0.15, 0.2) is 0 Å². The highest BCUT2D eigenvalue weighted by Crippen LogP contribution is 2.21. The second kappa shape index (κ2) is 7.87. The SMILES string of the molecule is C#Cc1cccc(NC(=O)Nc2ccccc2NC(=O)CCl)c1.